The summed E-state index contributed by atoms with van der Waals surface area (Å²) in [6.07, 6.45) is 0.606. The Morgan fingerprint density at radius 1 is 1.41 bits per heavy atom. The highest BCUT2D eigenvalue weighted by molar-refractivity contribution is 7.89. The number of sulfonamides is 1. The van der Waals surface area contributed by atoms with Crippen LogP contribution in [0.3, 0.4) is 0 Å². The van der Waals surface area contributed by atoms with Crippen LogP contribution < -0.4 is 5.73 Å². The number of benzene rings is 1. The number of rotatable bonds is 2. The van der Waals surface area contributed by atoms with Crippen molar-refractivity contribution in [1.82, 2.24) is 4.31 Å². The van der Waals surface area contributed by atoms with Crippen LogP contribution in [0, 0.1) is 5.82 Å². The Morgan fingerprint density at radius 2 is 2.06 bits per heavy atom. The van der Waals surface area contributed by atoms with Crippen LogP contribution in [0.25, 0.3) is 0 Å². The maximum absolute atomic E-state index is 13.5. The zero-order chi connectivity index (χ0) is 12.6. The molecule has 17 heavy (non-hydrogen) atoms. The van der Waals surface area contributed by atoms with Gasteiger partial charge in [-0.25, -0.2) is 12.8 Å². The van der Waals surface area contributed by atoms with E-state index in [0.717, 1.165) is 6.07 Å². The predicted octanol–water partition coefficient (Wildman–Crippen LogP) is 0.936. The molecule has 1 heterocycles. The third-order valence-corrected chi connectivity index (χ3v) is 5.20. The van der Waals surface area contributed by atoms with Gasteiger partial charge in [-0.15, -0.1) is 0 Å². The fraction of sp³-hybridized carbons (Fsp3) is 0.455. The monoisotopic (exact) mass is 258 g/mol. The van der Waals surface area contributed by atoms with E-state index in [1.54, 1.807) is 6.92 Å². The van der Waals surface area contributed by atoms with Gasteiger partial charge in [0.05, 0.1) is 0 Å². The molecule has 1 aliphatic heterocycles. The van der Waals surface area contributed by atoms with Crippen molar-refractivity contribution in [2.45, 2.75) is 30.3 Å². The lowest BCUT2D eigenvalue weighted by molar-refractivity contribution is 0.390. The Labute approximate surface area is 100 Å². The summed E-state index contributed by atoms with van der Waals surface area (Å²) in [7, 11) is -3.77. The number of hydrogen-bond acceptors (Lipinski definition) is 3. The average molecular weight is 258 g/mol. The Hall–Kier alpha value is -0.980. The van der Waals surface area contributed by atoms with E-state index in [0.29, 0.717) is 13.0 Å². The Morgan fingerprint density at radius 3 is 2.59 bits per heavy atom. The van der Waals surface area contributed by atoms with Gasteiger partial charge >= 0.3 is 0 Å². The molecular weight excluding hydrogens is 243 g/mol. The van der Waals surface area contributed by atoms with Gasteiger partial charge in [0.2, 0.25) is 10.0 Å². The number of hydrogen-bond donors (Lipinski definition) is 1. The van der Waals surface area contributed by atoms with E-state index in [2.05, 4.69) is 0 Å². The third kappa shape index (κ3) is 2.08. The maximum Gasteiger partial charge on any atom is 0.246 e. The summed E-state index contributed by atoms with van der Waals surface area (Å²) >= 11 is 0. The Kier molecular flexibility index (Phi) is 3.20. The molecule has 1 aromatic rings. The van der Waals surface area contributed by atoms with Gasteiger partial charge in [0.25, 0.3) is 0 Å². The van der Waals surface area contributed by atoms with Gasteiger partial charge in [-0.05, 0) is 25.5 Å². The highest BCUT2D eigenvalue weighted by atomic mass is 32.2. The highest BCUT2D eigenvalue weighted by Crippen LogP contribution is 2.26. The molecule has 0 spiro atoms. The van der Waals surface area contributed by atoms with Crippen molar-refractivity contribution < 1.29 is 12.8 Å². The molecule has 6 heteroatoms. The molecule has 4 nitrogen and oxygen atoms in total. The van der Waals surface area contributed by atoms with Crippen LogP contribution in [0.2, 0.25) is 0 Å². The van der Waals surface area contributed by atoms with Crippen molar-refractivity contribution in [1.29, 1.82) is 0 Å². The molecule has 0 amide bonds. The lowest BCUT2D eigenvalue weighted by Gasteiger charge is -2.22. The van der Waals surface area contributed by atoms with E-state index >= 15 is 0 Å². The van der Waals surface area contributed by atoms with Gasteiger partial charge in [-0.3, -0.25) is 0 Å². The minimum Gasteiger partial charge on any atom is -0.326 e. The molecule has 1 aliphatic rings. The van der Waals surface area contributed by atoms with Crippen LogP contribution in [0.5, 0.6) is 0 Å². The molecule has 1 saturated heterocycles. The van der Waals surface area contributed by atoms with Gasteiger partial charge in [-0.1, -0.05) is 12.1 Å². The summed E-state index contributed by atoms with van der Waals surface area (Å²) in [4.78, 5) is -0.277. The van der Waals surface area contributed by atoms with E-state index in [1.165, 1.54) is 22.5 Å². The zero-order valence-electron chi connectivity index (χ0n) is 9.51. The van der Waals surface area contributed by atoms with Crippen LogP contribution in [-0.2, 0) is 10.0 Å². The maximum atomic E-state index is 13.5. The average Bonchev–Trinajstić information content (AvgIpc) is 2.60. The van der Waals surface area contributed by atoms with Gasteiger partial charge in [0.15, 0.2) is 0 Å². The highest BCUT2D eigenvalue weighted by Gasteiger charge is 2.38. The molecule has 94 valence electrons. The topological polar surface area (TPSA) is 63.4 Å². The van der Waals surface area contributed by atoms with E-state index in [9.17, 15) is 12.8 Å². The summed E-state index contributed by atoms with van der Waals surface area (Å²) in [5.74, 6) is -0.722. The van der Waals surface area contributed by atoms with Crippen molar-refractivity contribution in [2.24, 2.45) is 5.73 Å². The molecule has 2 unspecified atom stereocenters. The molecule has 0 bridgehead atoms. The van der Waals surface area contributed by atoms with Crippen LogP contribution in [0.4, 0.5) is 4.39 Å². The van der Waals surface area contributed by atoms with Crippen molar-refractivity contribution in [3.63, 3.8) is 0 Å². The minimum atomic E-state index is -3.77. The fourth-order valence-electron chi connectivity index (χ4n) is 2.05. The zero-order valence-corrected chi connectivity index (χ0v) is 10.3. The lowest BCUT2D eigenvalue weighted by atomic mass is 10.2. The molecule has 2 N–H and O–H groups in total. The molecule has 0 aliphatic carbocycles. The lowest BCUT2D eigenvalue weighted by Crippen LogP contribution is -2.40. The summed E-state index contributed by atoms with van der Waals surface area (Å²) in [5.41, 5.74) is 5.78. The molecule has 1 fully saturated rings. The summed E-state index contributed by atoms with van der Waals surface area (Å²) in [5, 5.41) is 0. The number of halogens is 1. The normalized spacial score (nSPS) is 26.3. The number of nitrogens with zero attached hydrogens (tertiary/aromatic N) is 1. The second-order valence-corrected chi connectivity index (χ2v) is 6.10. The summed E-state index contributed by atoms with van der Waals surface area (Å²) in [6, 6.07) is 4.93. The first-order valence-electron chi connectivity index (χ1n) is 5.46. The van der Waals surface area contributed by atoms with E-state index < -0.39 is 15.8 Å². The second kappa shape index (κ2) is 4.36. The SMILES string of the molecule is CC1C(N)CCN1S(=O)(=O)c1ccccc1F. The summed E-state index contributed by atoms with van der Waals surface area (Å²) < 4.78 is 39.3. The quantitative estimate of drug-likeness (QED) is 0.858. The molecule has 0 aromatic heterocycles. The Balaban J connectivity index is 2.41. The first kappa shape index (κ1) is 12.5. The van der Waals surface area contributed by atoms with Crippen molar-refractivity contribution in [3.8, 4) is 0 Å². The largest absolute Gasteiger partial charge is 0.326 e. The predicted molar refractivity (Wildman–Crippen MR) is 62.3 cm³/mol. The van der Waals surface area contributed by atoms with Gasteiger partial charge in [-0.2, -0.15) is 4.31 Å². The molecule has 0 radical (unpaired) electrons. The summed E-state index contributed by atoms with van der Waals surface area (Å²) in [6.45, 7) is 2.09. The van der Waals surface area contributed by atoms with Crippen molar-refractivity contribution >= 4 is 10.0 Å². The van der Waals surface area contributed by atoms with E-state index in [-0.39, 0.29) is 17.0 Å². The molecule has 2 atom stereocenters. The fourth-order valence-corrected chi connectivity index (χ4v) is 3.81. The molecule has 0 saturated carbocycles. The second-order valence-electron chi connectivity index (χ2n) is 4.24. The van der Waals surface area contributed by atoms with Crippen molar-refractivity contribution in [3.05, 3.63) is 30.1 Å². The van der Waals surface area contributed by atoms with Crippen LogP contribution in [0.1, 0.15) is 13.3 Å². The Bertz CT molecular complexity index is 518. The van der Waals surface area contributed by atoms with E-state index in [4.69, 9.17) is 5.73 Å². The van der Waals surface area contributed by atoms with E-state index in [1.807, 2.05) is 0 Å². The van der Waals surface area contributed by atoms with Crippen LogP contribution in [-0.4, -0.2) is 31.4 Å². The van der Waals surface area contributed by atoms with Crippen molar-refractivity contribution in [2.75, 3.05) is 6.54 Å². The van der Waals surface area contributed by atoms with Gasteiger partial charge in [0.1, 0.15) is 10.7 Å². The van der Waals surface area contributed by atoms with Gasteiger partial charge < -0.3 is 5.73 Å². The molecule has 2 rings (SSSR count). The molecule has 1 aromatic carbocycles. The third-order valence-electron chi connectivity index (χ3n) is 3.18. The van der Waals surface area contributed by atoms with Gasteiger partial charge in [0, 0.05) is 18.6 Å². The van der Waals surface area contributed by atoms with Crippen LogP contribution in [0.15, 0.2) is 29.2 Å². The first-order chi connectivity index (χ1) is 7.94. The minimum absolute atomic E-state index is 0.184. The number of nitrogens with two attached hydrogens (primary N) is 1. The standard InChI is InChI=1S/C11H15FN2O2S/c1-8-10(13)6-7-14(8)17(15,16)11-5-3-2-4-9(11)12/h2-5,8,10H,6-7,13H2,1H3. The smallest absolute Gasteiger partial charge is 0.246 e. The van der Waals surface area contributed by atoms with Crippen LogP contribution >= 0.6 is 0 Å². The molecular formula is C11H15FN2O2S. The first-order valence-corrected chi connectivity index (χ1v) is 6.90.